The minimum absolute atomic E-state index is 0.350. The van der Waals surface area contributed by atoms with E-state index in [0.717, 1.165) is 47.3 Å². The molecule has 1 N–H and O–H groups in total. The molecule has 4 aromatic rings. The minimum atomic E-state index is -1.20. The van der Waals surface area contributed by atoms with E-state index in [1.54, 1.807) is 55.3 Å². The number of aromatic nitrogens is 3. The Bertz CT molecular complexity index is 1340. The van der Waals surface area contributed by atoms with Crippen LogP contribution in [0.4, 0.5) is 0 Å². The highest BCUT2D eigenvalue weighted by Crippen LogP contribution is 2.29. The monoisotopic (exact) mass is 551 g/mol. The zero-order valence-corrected chi connectivity index (χ0v) is 22.9. The van der Waals surface area contributed by atoms with Crippen molar-refractivity contribution in [2.75, 3.05) is 7.11 Å². The number of carboxylic acid groups (broad SMARTS) is 1. The van der Waals surface area contributed by atoms with Crippen molar-refractivity contribution < 1.29 is 19.4 Å². The van der Waals surface area contributed by atoms with Crippen molar-refractivity contribution in [3.8, 4) is 11.5 Å². The minimum Gasteiger partial charge on any atom is -0.497 e. The van der Waals surface area contributed by atoms with Crippen LogP contribution in [0.25, 0.3) is 0 Å². The maximum absolute atomic E-state index is 11.9. The summed E-state index contributed by atoms with van der Waals surface area (Å²) in [5.41, 5.74) is 2.62. The number of rotatable bonds is 13. The molecule has 0 aliphatic rings. The fourth-order valence-electron chi connectivity index (χ4n) is 3.90. The molecule has 0 spiro atoms. The lowest BCUT2D eigenvalue weighted by molar-refractivity contribution is -0.145. The second kappa shape index (κ2) is 13.3. The van der Waals surface area contributed by atoms with Crippen molar-refractivity contribution in [2.45, 2.75) is 49.7 Å². The summed E-state index contributed by atoms with van der Waals surface area (Å²) in [7, 11) is 1.66. The third-order valence-corrected chi connectivity index (χ3v) is 7.39. The number of carboxylic acids is 1. The van der Waals surface area contributed by atoms with E-state index >= 15 is 0 Å². The Kier molecular flexibility index (Phi) is 9.67. The molecule has 1 aromatic heterocycles. The van der Waals surface area contributed by atoms with Crippen LogP contribution >= 0.6 is 23.4 Å². The van der Waals surface area contributed by atoms with Crippen LogP contribution in [0.1, 0.15) is 48.4 Å². The van der Waals surface area contributed by atoms with Crippen molar-refractivity contribution in [3.63, 3.8) is 0 Å². The number of halogens is 1. The Balaban J connectivity index is 1.49. The number of hydrogen-bond acceptors (Lipinski definition) is 6. The first-order chi connectivity index (χ1) is 18.5. The highest BCUT2D eigenvalue weighted by molar-refractivity contribution is 7.98. The van der Waals surface area contributed by atoms with E-state index < -0.39 is 12.1 Å². The van der Waals surface area contributed by atoms with Gasteiger partial charge >= 0.3 is 5.97 Å². The second-order valence-corrected chi connectivity index (χ2v) is 10.1. The van der Waals surface area contributed by atoms with Gasteiger partial charge in [-0.05, 0) is 47.9 Å². The smallest absolute Gasteiger partial charge is 0.349 e. The Hall–Kier alpha value is -3.49. The zero-order chi connectivity index (χ0) is 26.9. The average Bonchev–Trinajstić information content (AvgIpc) is 3.31. The first-order valence-corrected chi connectivity index (χ1v) is 13.8. The normalized spacial score (nSPS) is 11.8. The van der Waals surface area contributed by atoms with Crippen LogP contribution in [-0.4, -0.2) is 33.0 Å². The molecule has 38 heavy (non-hydrogen) atoms. The number of carbonyl (C=O) groups is 1. The molecule has 0 saturated carbocycles. The predicted octanol–water partition coefficient (Wildman–Crippen LogP) is 6.83. The number of ether oxygens (including phenoxy) is 2. The molecule has 0 aliphatic carbocycles. The number of benzene rings is 3. The van der Waals surface area contributed by atoms with Gasteiger partial charge in [-0.2, -0.15) is 0 Å². The van der Waals surface area contributed by atoms with Gasteiger partial charge in [-0.25, -0.2) is 4.79 Å². The molecule has 0 radical (unpaired) electrons. The van der Waals surface area contributed by atoms with Gasteiger partial charge in [-0.15, -0.1) is 10.2 Å². The highest BCUT2D eigenvalue weighted by atomic mass is 35.5. The maximum Gasteiger partial charge on any atom is 0.349 e. The van der Waals surface area contributed by atoms with Crippen LogP contribution in [0, 0.1) is 0 Å². The van der Waals surface area contributed by atoms with Crippen molar-refractivity contribution in [1.82, 2.24) is 14.8 Å². The van der Waals surface area contributed by atoms with Crippen LogP contribution in [-0.2, 0) is 23.5 Å². The highest BCUT2D eigenvalue weighted by Gasteiger charge is 2.24. The topological polar surface area (TPSA) is 86.5 Å². The van der Waals surface area contributed by atoms with E-state index in [4.69, 9.17) is 21.1 Å². The van der Waals surface area contributed by atoms with Gasteiger partial charge in [0.1, 0.15) is 17.3 Å². The summed E-state index contributed by atoms with van der Waals surface area (Å²) < 4.78 is 13.2. The van der Waals surface area contributed by atoms with Gasteiger partial charge in [0, 0.05) is 22.8 Å². The van der Waals surface area contributed by atoms with E-state index in [-0.39, 0.29) is 0 Å². The van der Waals surface area contributed by atoms with Crippen LogP contribution in [0.15, 0.2) is 78.0 Å². The van der Waals surface area contributed by atoms with Gasteiger partial charge in [0.05, 0.1) is 13.7 Å². The fraction of sp³-hybridized carbons (Fsp3) is 0.276. The molecule has 4 rings (SSSR count). The van der Waals surface area contributed by atoms with Crippen LogP contribution in [0.2, 0.25) is 5.02 Å². The Labute approximate surface area is 231 Å². The van der Waals surface area contributed by atoms with Gasteiger partial charge in [-0.3, -0.25) is 0 Å². The molecule has 0 bridgehead atoms. The Morgan fingerprint density at radius 3 is 2.34 bits per heavy atom. The molecule has 1 heterocycles. The summed E-state index contributed by atoms with van der Waals surface area (Å²) in [6, 6.07) is 22.2. The van der Waals surface area contributed by atoms with E-state index in [2.05, 4.69) is 33.8 Å². The second-order valence-electron chi connectivity index (χ2n) is 8.73. The molecule has 198 valence electrons. The number of methoxy groups -OCH3 is 1. The molecule has 0 amide bonds. The summed E-state index contributed by atoms with van der Waals surface area (Å²) in [5.74, 6) is 1.89. The van der Waals surface area contributed by atoms with Gasteiger partial charge < -0.3 is 19.1 Å². The van der Waals surface area contributed by atoms with Crippen LogP contribution in [0.3, 0.4) is 0 Å². The summed E-state index contributed by atoms with van der Waals surface area (Å²) in [6.45, 7) is 2.76. The molecule has 1 unspecified atom stereocenters. The summed E-state index contributed by atoms with van der Waals surface area (Å²) >= 11 is 7.86. The van der Waals surface area contributed by atoms with Crippen molar-refractivity contribution in [1.29, 1.82) is 0 Å². The predicted molar refractivity (Wildman–Crippen MR) is 149 cm³/mol. The number of nitrogens with zero attached hydrogens (tertiary/aromatic N) is 3. The lowest BCUT2D eigenvalue weighted by Crippen LogP contribution is -2.18. The summed E-state index contributed by atoms with van der Waals surface area (Å²) in [5, 5.41) is 19.9. The van der Waals surface area contributed by atoms with E-state index in [9.17, 15) is 9.90 Å². The molecular formula is C29H30ClN3O4S. The Morgan fingerprint density at radius 1 is 1.00 bits per heavy atom. The van der Waals surface area contributed by atoms with Crippen molar-refractivity contribution >= 4 is 29.3 Å². The van der Waals surface area contributed by atoms with E-state index in [0.29, 0.717) is 22.9 Å². The van der Waals surface area contributed by atoms with Gasteiger partial charge in [0.2, 0.25) is 6.10 Å². The number of aliphatic carboxylic acids is 1. The molecule has 0 aliphatic heterocycles. The third-order valence-electron chi connectivity index (χ3n) is 6.00. The molecule has 3 aromatic carbocycles. The van der Waals surface area contributed by atoms with Crippen molar-refractivity contribution in [2.24, 2.45) is 0 Å². The summed E-state index contributed by atoms with van der Waals surface area (Å²) in [4.78, 5) is 11.9. The van der Waals surface area contributed by atoms with Gasteiger partial charge in [0.15, 0.2) is 5.16 Å². The SMILES string of the molecule is CCCCc1nnc(SCc2ccc(OC)cc2)n1Cc1ccc(OC(C(=O)O)c2ccccc2Cl)cc1. The first kappa shape index (κ1) is 27.5. The van der Waals surface area contributed by atoms with Crippen molar-refractivity contribution in [3.05, 3.63) is 100 Å². The van der Waals surface area contributed by atoms with E-state index in [1.165, 1.54) is 5.56 Å². The lowest BCUT2D eigenvalue weighted by atomic mass is 10.1. The largest absolute Gasteiger partial charge is 0.497 e. The molecule has 7 nitrogen and oxygen atoms in total. The van der Waals surface area contributed by atoms with Crippen LogP contribution in [0.5, 0.6) is 11.5 Å². The third kappa shape index (κ3) is 7.08. The molecular weight excluding hydrogens is 522 g/mol. The standard InChI is InChI=1S/C29H30ClN3O4S/c1-3-4-9-26-31-32-29(38-19-21-12-14-22(36-2)15-13-21)33(26)18-20-10-16-23(17-11-20)37-27(28(34)35)24-7-5-6-8-25(24)30/h5-8,10-17,27H,3-4,9,18-19H2,1-2H3,(H,34,35). The molecule has 0 fully saturated rings. The fourth-order valence-corrected chi connectivity index (χ4v) is 5.05. The maximum atomic E-state index is 11.9. The van der Waals surface area contributed by atoms with Gasteiger partial charge in [0.25, 0.3) is 0 Å². The summed E-state index contributed by atoms with van der Waals surface area (Å²) in [6.07, 6.45) is 1.76. The number of unbranched alkanes of at least 4 members (excludes halogenated alkanes) is 1. The lowest BCUT2D eigenvalue weighted by Gasteiger charge is -2.17. The first-order valence-electron chi connectivity index (χ1n) is 12.4. The average molecular weight is 552 g/mol. The zero-order valence-electron chi connectivity index (χ0n) is 21.3. The van der Waals surface area contributed by atoms with Crippen LogP contribution < -0.4 is 9.47 Å². The number of aryl methyl sites for hydroxylation is 1. The number of hydrogen-bond donors (Lipinski definition) is 1. The van der Waals surface area contributed by atoms with E-state index in [1.807, 2.05) is 24.3 Å². The van der Waals surface area contributed by atoms with Gasteiger partial charge in [-0.1, -0.05) is 79.2 Å². The number of thioether (sulfide) groups is 1. The molecule has 9 heteroatoms. The molecule has 1 atom stereocenters. The quantitative estimate of drug-likeness (QED) is 0.182. The Morgan fingerprint density at radius 2 is 1.68 bits per heavy atom. The molecule has 0 saturated heterocycles.